The zero-order valence-electron chi connectivity index (χ0n) is 8.95. The Balaban J connectivity index is 2.62. The van der Waals surface area contributed by atoms with Gasteiger partial charge in [0.25, 0.3) is 0 Å². The third kappa shape index (κ3) is 2.40. The molecular formula is C13H7BrClFO2. The standard InChI is InChI=1S/C13H7BrClFO2/c14-10-3-1-2-8(12(10)16)7-4-5-11(15)9(6-7)13(17)18/h1-6H,(H,17,18). The molecule has 0 atom stereocenters. The van der Waals surface area contributed by atoms with Gasteiger partial charge in [-0.2, -0.15) is 0 Å². The number of carboxylic acid groups (broad SMARTS) is 1. The van der Waals surface area contributed by atoms with Crippen LogP contribution < -0.4 is 0 Å². The van der Waals surface area contributed by atoms with E-state index in [4.69, 9.17) is 16.7 Å². The lowest BCUT2D eigenvalue weighted by atomic mass is 10.0. The Bertz CT molecular complexity index is 628. The van der Waals surface area contributed by atoms with Gasteiger partial charge in [-0.15, -0.1) is 0 Å². The molecule has 0 aromatic heterocycles. The number of halogens is 3. The molecule has 5 heteroatoms. The number of benzene rings is 2. The molecule has 0 unspecified atom stereocenters. The van der Waals surface area contributed by atoms with Crippen LogP contribution in [0.3, 0.4) is 0 Å². The second kappa shape index (κ2) is 5.08. The Labute approximate surface area is 116 Å². The van der Waals surface area contributed by atoms with Crippen LogP contribution >= 0.6 is 27.5 Å². The third-order valence-electron chi connectivity index (χ3n) is 2.46. The first kappa shape index (κ1) is 13.1. The number of aromatic carboxylic acids is 1. The molecule has 0 aliphatic rings. The van der Waals surface area contributed by atoms with Gasteiger partial charge in [0.1, 0.15) is 5.82 Å². The molecule has 2 aromatic rings. The maximum Gasteiger partial charge on any atom is 0.337 e. The van der Waals surface area contributed by atoms with E-state index in [1.54, 1.807) is 24.3 Å². The summed E-state index contributed by atoms with van der Waals surface area (Å²) in [5.74, 6) is -1.58. The van der Waals surface area contributed by atoms with E-state index in [1.165, 1.54) is 12.1 Å². The van der Waals surface area contributed by atoms with Crippen LogP contribution in [0.25, 0.3) is 11.1 Å². The quantitative estimate of drug-likeness (QED) is 0.874. The number of hydrogen-bond acceptors (Lipinski definition) is 1. The van der Waals surface area contributed by atoms with Crippen LogP contribution in [0.5, 0.6) is 0 Å². The molecule has 2 rings (SSSR count). The minimum atomic E-state index is -1.14. The van der Waals surface area contributed by atoms with E-state index in [2.05, 4.69) is 15.9 Å². The predicted octanol–water partition coefficient (Wildman–Crippen LogP) is 4.61. The lowest BCUT2D eigenvalue weighted by Gasteiger charge is -2.07. The Kier molecular flexibility index (Phi) is 3.68. The van der Waals surface area contributed by atoms with Gasteiger partial charge < -0.3 is 5.11 Å². The van der Waals surface area contributed by atoms with Gasteiger partial charge in [-0.25, -0.2) is 9.18 Å². The van der Waals surface area contributed by atoms with Gasteiger partial charge in [0, 0.05) is 5.56 Å². The molecule has 0 amide bonds. The van der Waals surface area contributed by atoms with E-state index in [-0.39, 0.29) is 10.6 Å². The highest BCUT2D eigenvalue weighted by Gasteiger charge is 2.13. The van der Waals surface area contributed by atoms with Crippen LogP contribution in [0, 0.1) is 5.82 Å². The molecule has 1 N–H and O–H groups in total. The van der Waals surface area contributed by atoms with E-state index >= 15 is 0 Å². The predicted molar refractivity (Wildman–Crippen MR) is 71.5 cm³/mol. The van der Waals surface area contributed by atoms with Crippen molar-refractivity contribution in [3.63, 3.8) is 0 Å². The summed E-state index contributed by atoms with van der Waals surface area (Å²) in [6.45, 7) is 0. The highest BCUT2D eigenvalue weighted by atomic mass is 79.9. The number of hydrogen-bond donors (Lipinski definition) is 1. The SMILES string of the molecule is O=C(O)c1cc(-c2cccc(Br)c2F)ccc1Cl. The molecule has 0 radical (unpaired) electrons. The largest absolute Gasteiger partial charge is 0.478 e. The first-order valence-corrected chi connectivity index (χ1v) is 6.15. The second-order valence-electron chi connectivity index (χ2n) is 3.60. The van der Waals surface area contributed by atoms with E-state index in [0.717, 1.165) is 0 Å². The monoisotopic (exact) mass is 328 g/mol. The molecule has 0 fully saturated rings. The van der Waals surface area contributed by atoms with Gasteiger partial charge in [0.15, 0.2) is 0 Å². The molecule has 0 aliphatic carbocycles. The molecule has 0 saturated carbocycles. The highest BCUT2D eigenvalue weighted by molar-refractivity contribution is 9.10. The molecule has 0 heterocycles. The average molecular weight is 330 g/mol. The van der Waals surface area contributed by atoms with Gasteiger partial charge in [-0.05, 0) is 39.7 Å². The summed E-state index contributed by atoms with van der Waals surface area (Å²) in [5.41, 5.74) is 0.743. The van der Waals surface area contributed by atoms with Crippen molar-refractivity contribution in [1.29, 1.82) is 0 Å². The Morgan fingerprint density at radius 3 is 2.67 bits per heavy atom. The van der Waals surface area contributed by atoms with Crippen molar-refractivity contribution in [1.82, 2.24) is 0 Å². The molecule has 0 saturated heterocycles. The van der Waals surface area contributed by atoms with Gasteiger partial charge in [0.2, 0.25) is 0 Å². The highest BCUT2D eigenvalue weighted by Crippen LogP contribution is 2.30. The van der Waals surface area contributed by atoms with Gasteiger partial charge in [-0.1, -0.05) is 29.8 Å². The Hall–Kier alpha value is -1.39. The maximum atomic E-state index is 13.9. The normalized spacial score (nSPS) is 10.4. The zero-order valence-corrected chi connectivity index (χ0v) is 11.3. The topological polar surface area (TPSA) is 37.3 Å². The van der Waals surface area contributed by atoms with E-state index in [0.29, 0.717) is 15.6 Å². The van der Waals surface area contributed by atoms with Crippen molar-refractivity contribution < 1.29 is 14.3 Å². The number of rotatable bonds is 2. The second-order valence-corrected chi connectivity index (χ2v) is 4.86. The summed E-state index contributed by atoms with van der Waals surface area (Å²) in [6.07, 6.45) is 0. The molecule has 0 spiro atoms. The summed E-state index contributed by atoms with van der Waals surface area (Å²) in [5, 5.41) is 9.10. The summed E-state index contributed by atoms with van der Waals surface area (Å²) >= 11 is 8.85. The molecule has 2 nitrogen and oxygen atoms in total. The van der Waals surface area contributed by atoms with Crippen molar-refractivity contribution in [2.45, 2.75) is 0 Å². The summed E-state index contributed by atoms with van der Waals surface area (Å²) < 4.78 is 14.2. The zero-order chi connectivity index (χ0) is 13.3. The Morgan fingerprint density at radius 2 is 2.00 bits per heavy atom. The van der Waals surface area contributed by atoms with E-state index < -0.39 is 11.8 Å². The van der Waals surface area contributed by atoms with Crippen LogP contribution in [0.1, 0.15) is 10.4 Å². The van der Waals surface area contributed by atoms with Gasteiger partial charge in [0.05, 0.1) is 15.1 Å². The summed E-state index contributed by atoms with van der Waals surface area (Å²) in [7, 11) is 0. The third-order valence-corrected chi connectivity index (χ3v) is 3.40. The van der Waals surface area contributed by atoms with Crippen molar-refractivity contribution in [2.24, 2.45) is 0 Å². The van der Waals surface area contributed by atoms with Crippen molar-refractivity contribution in [3.8, 4) is 11.1 Å². The maximum absolute atomic E-state index is 13.9. The molecular weight excluding hydrogens is 322 g/mol. The van der Waals surface area contributed by atoms with Crippen LogP contribution in [-0.2, 0) is 0 Å². The molecule has 92 valence electrons. The fraction of sp³-hybridized carbons (Fsp3) is 0. The first-order chi connectivity index (χ1) is 8.50. The summed E-state index contributed by atoms with van der Waals surface area (Å²) in [6, 6.07) is 9.22. The van der Waals surface area contributed by atoms with Crippen LogP contribution in [0.2, 0.25) is 5.02 Å². The van der Waals surface area contributed by atoms with Crippen molar-refractivity contribution >= 4 is 33.5 Å². The van der Waals surface area contributed by atoms with Crippen molar-refractivity contribution in [3.05, 3.63) is 57.3 Å². The number of carbonyl (C=O) groups is 1. The van der Waals surface area contributed by atoms with Crippen LogP contribution in [0.15, 0.2) is 40.9 Å². The molecule has 18 heavy (non-hydrogen) atoms. The lowest BCUT2D eigenvalue weighted by Crippen LogP contribution is -1.98. The van der Waals surface area contributed by atoms with Crippen LogP contribution in [-0.4, -0.2) is 11.1 Å². The first-order valence-electron chi connectivity index (χ1n) is 4.98. The minimum Gasteiger partial charge on any atom is -0.478 e. The minimum absolute atomic E-state index is 0.0476. The van der Waals surface area contributed by atoms with E-state index in [1.807, 2.05) is 0 Å². The van der Waals surface area contributed by atoms with Crippen LogP contribution in [0.4, 0.5) is 4.39 Å². The average Bonchev–Trinajstić information content (AvgIpc) is 2.33. The fourth-order valence-electron chi connectivity index (χ4n) is 1.58. The number of carboxylic acids is 1. The fourth-order valence-corrected chi connectivity index (χ4v) is 2.15. The summed E-state index contributed by atoms with van der Waals surface area (Å²) in [4.78, 5) is 11.0. The van der Waals surface area contributed by atoms with E-state index in [9.17, 15) is 9.18 Å². The lowest BCUT2D eigenvalue weighted by molar-refractivity contribution is 0.0697. The molecule has 0 aliphatic heterocycles. The smallest absolute Gasteiger partial charge is 0.337 e. The van der Waals surface area contributed by atoms with Crippen molar-refractivity contribution in [2.75, 3.05) is 0 Å². The molecule has 0 bridgehead atoms. The van der Waals surface area contributed by atoms with Gasteiger partial charge >= 0.3 is 5.97 Å². The molecule has 2 aromatic carbocycles. The Morgan fingerprint density at radius 1 is 1.28 bits per heavy atom. The van der Waals surface area contributed by atoms with Gasteiger partial charge in [-0.3, -0.25) is 0 Å².